The molecule has 0 fully saturated rings. The molecule has 1 aliphatic carbocycles. The van der Waals surface area contributed by atoms with Gasteiger partial charge in [-0.15, -0.1) is 0 Å². The molecule has 1 rings (SSSR count). The average Bonchev–Trinajstić information content (AvgIpc) is 2.79. The maximum absolute atomic E-state index is 8.25. The Morgan fingerprint density at radius 2 is 1.15 bits per heavy atom. The molecule has 0 saturated carbocycles. The van der Waals surface area contributed by atoms with Gasteiger partial charge in [-0.05, 0) is 0 Å². The second-order valence-corrected chi connectivity index (χ2v) is 3.53. The second kappa shape index (κ2) is 22.7. The van der Waals surface area contributed by atoms with Crippen LogP contribution >= 0.6 is 0 Å². The predicted octanol–water partition coefficient (Wildman–Crippen LogP) is -1.04. The molecule has 13 heavy (non-hydrogen) atoms. The van der Waals surface area contributed by atoms with E-state index in [1.54, 1.807) is 0 Å². The van der Waals surface area contributed by atoms with Crippen LogP contribution in [-0.2, 0) is 19.2 Å². The molecule has 0 saturated heterocycles. The summed E-state index contributed by atoms with van der Waals surface area (Å²) < 4.78 is 0.861. The van der Waals surface area contributed by atoms with Crippen LogP contribution in [0.2, 0.25) is 9.45 Å². The van der Waals surface area contributed by atoms with Gasteiger partial charge in [0.05, 0.1) is 0 Å². The van der Waals surface area contributed by atoms with Crippen LogP contribution in [0.15, 0.2) is 24.3 Å². The van der Waals surface area contributed by atoms with Crippen molar-refractivity contribution in [1.82, 2.24) is 0 Å². The van der Waals surface area contributed by atoms with Gasteiger partial charge in [0.1, 0.15) is 0 Å². The van der Waals surface area contributed by atoms with Gasteiger partial charge in [-0.1, -0.05) is 0 Å². The summed E-state index contributed by atoms with van der Waals surface area (Å²) in [6.45, 7) is 0. The summed E-state index contributed by atoms with van der Waals surface area (Å²) >= 11 is 0.319. The Kier molecular flexibility index (Phi) is 32.8. The zero-order valence-electron chi connectivity index (χ0n) is 8.61. The summed E-state index contributed by atoms with van der Waals surface area (Å²) in [6, 6.07) is 0. The van der Waals surface area contributed by atoms with Crippen molar-refractivity contribution in [2.24, 2.45) is 0 Å². The monoisotopic (exact) mass is 221 g/mol. The molecule has 0 spiro atoms. The summed E-state index contributed by atoms with van der Waals surface area (Å²) in [6.07, 6.45) is 8.83. The van der Waals surface area contributed by atoms with Crippen molar-refractivity contribution in [2.45, 2.75) is 9.45 Å². The summed E-state index contributed by atoms with van der Waals surface area (Å²) in [5.41, 5.74) is 0. The SMILES string of the molecule is C[O-].C[O-].C[O-].[CH3][Ti+3][CH]1C=CC=C1. The standard InChI is InChI=1S/C5H5.3CH3O.CH3.Ti/c1-2-4-5-3-1;3*1-2;;/h1-5H;3*1H3;1H3;/q;3*-1;;+3. The van der Waals surface area contributed by atoms with Crippen LogP contribution in [-0.4, -0.2) is 21.3 Å². The Labute approximate surface area is 89.7 Å². The molecule has 0 heterocycles. The summed E-state index contributed by atoms with van der Waals surface area (Å²) in [5.74, 6) is 0. The van der Waals surface area contributed by atoms with E-state index < -0.39 is 0 Å². The normalized spacial score (nSPS) is 11.0. The fourth-order valence-corrected chi connectivity index (χ4v) is 1.57. The average molecular weight is 221 g/mol. The van der Waals surface area contributed by atoms with Gasteiger partial charge >= 0.3 is 52.9 Å². The molecule has 0 atom stereocenters. The zero-order chi connectivity index (χ0) is 11.1. The van der Waals surface area contributed by atoms with Crippen LogP contribution < -0.4 is 15.3 Å². The number of allylic oxidation sites excluding steroid dienone is 4. The van der Waals surface area contributed by atoms with Gasteiger partial charge in [0, 0.05) is 0 Å². The van der Waals surface area contributed by atoms with E-state index in [4.69, 9.17) is 15.3 Å². The molecule has 0 bridgehead atoms. The van der Waals surface area contributed by atoms with Crippen molar-refractivity contribution < 1.29 is 34.5 Å². The molecule has 75 valence electrons. The summed E-state index contributed by atoms with van der Waals surface area (Å²) in [7, 11) is 2.25. The molecule has 0 amide bonds. The van der Waals surface area contributed by atoms with E-state index in [1.807, 2.05) is 0 Å². The molecule has 0 unspecified atom stereocenters. The molecule has 0 aromatic heterocycles. The van der Waals surface area contributed by atoms with E-state index in [1.165, 1.54) is 0 Å². The Hall–Kier alpha value is 0.0743. The van der Waals surface area contributed by atoms with E-state index in [-0.39, 0.29) is 0 Å². The van der Waals surface area contributed by atoms with Gasteiger partial charge in [0.25, 0.3) is 0 Å². The van der Waals surface area contributed by atoms with Crippen LogP contribution in [0.4, 0.5) is 0 Å². The van der Waals surface area contributed by atoms with Gasteiger partial charge < -0.3 is 15.3 Å². The van der Waals surface area contributed by atoms with E-state index in [0.717, 1.165) is 25.6 Å². The van der Waals surface area contributed by atoms with Gasteiger partial charge in [-0.2, -0.15) is 21.3 Å². The second-order valence-electron chi connectivity index (χ2n) is 1.58. The third kappa shape index (κ3) is 14.9. The van der Waals surface area contributed by atoms with Gasteiger partial charge in [0.2, 0.25) is 0 Å². The molecule has 0 aliphatic heterocycles. The van der Waals surface area contributed by atoms with Crippen molar-refractivity contribution in [3.05, 3.63) is 24.3 Å². The molecular formula is C9H17O3Ti. The fourth-order valence-electron chi connectivity index (χ4n) is 0.624. The summed E-state index contributed by atoms with van der Waals surface area (Å²) in [5, 5.41) is 27.1. The molecule has 0 aromatic carbocycles. The van der Waals surface area contributed by atoms with Crippen molar-refractivity contribution in [1.29, 1.82) is 0 Å². The maximum atomic E-state index is 8.25. The molecular weight excluding hydrogens is 204 g/mol. The van der Waals surface area contributed by atoms with Crippen LogP contribution in [0, 0.1) is 0 Å². The molecule has 3 nitrogen and oxygen atoms in total. The first-order valence-electron chi connectivity index (χ1n) is 3.68. The van der Waals surface area contributed by atoms with Crippen molar-refractivity contribution in [2.75, 3.05) is 21.3 Å². The van der Waals surface area contributed by atoms with Gasteiger partial charge in [-0.25, -0.2) is 0 Å². The van der Waals surface area contributed by atoms with Crippen molar-refractivity contribution in [3.8, 4) is 0 Å². The number of rotatable bonds is 1. The van der Waals surface area contributed by atoms with Gasteiger partial charge in [-0.3, -0.25) is 0 Å². The topological polar surface area (TPSA) is 69.2 Å². The van der Waals surface area contributed by atoms with Crippen LogP contribution in [0.3, 0.4) is 0 Å². The molecule has 0 aromatic rings. The van der Waals surface area contributed by atoms with E-state index in [9.17, 15) is 0 Å². The molecule has 4 heteroatoms. The van der Waals surface area contributed by atoms with E-state index in [0.29, 0.717) is 19.2 Å². The van der Waals surface area contributed by atoms with Crippen LogP contribution in [0.25, 0.3) is 0 Å². The first kappa shape index (κ1) is 18.8. The Bertz CT molecular complexity index is 101. The predicted molar refractivity (Wildman–Crippen MR) is 45.7 cm³/mol. The van der Waals surface area contributed by atoms with Crippen LogP contribution in [0.1, 0.15) is 0 Å². The number of hydrogen-bond donors (Lipinski definition) is 0. The first-order valence-corrected chi connectivity index (χ1v) is 6.14. The minimum absolute atomic E-state index is 0.319. The van der Waals surface area contributed by atoms with Gasteiger partial charge in [0.15, 0.2) is 0 Å². The Morgan fingerprint density at radius 3 is 1.31 bits per heavy atom. The van der Waals surface area contributed by atoms with Crippen molar-refractivity contribution in [3.63, 3.8) is 0 Å². The Morgan fingerprint density at radius 1 is 0.846 bits per heavy atom. The fraction of sp³-hybridized carbons (Fsp3) is 0.556. The van der Waals surface area contributed by atoms with Crippen molar-refractivity contribution >= 4 is 0 Å². The zero-order valence-corrected chi connectivity index (χ0v) is 10.2. The Balaban J connectivity index is -0.000000144. The van der Waals surface area contributed by atoms with Crippen LogP contribution in [0.5, 0.6) is 0 Å². The quantitative estimate of drug-likeness (QED) is 0.531. The summed E-state index contributed by atoms with van der Waals surface area (Å²) in [4.78, 5) is 0. The molecule has 1 aliphatic rings. The van der Waals surface area contributed by atoms with E-state index in [2.05, 4.69) is 29.5 Å². The number of hydrogen-bond acceptors (Lipinski definition) is 3. The molecule has 0 radical (unpaired) electrons. The molecule has 0 N–H and O–H groups in total. The first-order chi connectivity index (χ1) is 6.43. The van der Waals surface area contributed by atoms with E-state index >= 15 is 0 Å². The third-order valence-electron chi connectivity index (χ3n) is 1.08. The minimum atomic E-state index is 0.319. The third-order valence-corrected chi connectivity index (χ3v) is 2.72.